The molecule has 0 bridgehead atoms. The van der Waals surface area contributed by atoms with Crippen LogP contribution in [0, 0.1) is 17.8 Å². The molecule has 19 heteroatoms. The molecule has 0 aliphatic rings. The van der Waals surface area contributed by atoms with Crippen molar-refractivity contribution in [2.45, 2.75) is 407 Å². The Balaban J connectivity index is 5.26. The molecule has 0 saturated carbocycles. The largest absolute Gasteiger partial charge is 0.472 e. The minimum atomic E-state index is -4.96. The molecule has 0 fully saturated rings. The fourth-order valence-electron chi connectivity index (χ4n) is 11.6. The maximum Gasteiger partial charge on any atom is 0.472 e. The number of hydrogen-bond donors (Lipinski definition) is 3. The number of phosphoric ester groups is 2. The van der Waals surface area contributed by atoms with Crippen LogP contribution in [0.1, 0.15) is 389 Å². The Kier molecular flexibility index (Phi) is 65.2. The van der Waals surface area contributed by atoms with E-state index in [1.807, 2.05) is 0 Å². The van der Waals surface area contributed by atoms with Gasteiger partial charge in [0.15, 0.2) is 12.2 Å². The lowest BCUT2D eigenvalue weighted by Crippen LogP contribution is -2.30. The van der Waals surface area contributed by atoms with Crippen molar-refractivity contribution in [3.8, 4) is 0 Å². The summed E-state index contributed by atoms with van der Waals surface area (Å²) in [5.41, 5.74) is 0. The van der Waals surface area contributed by atoms with E-state index in [2.05, 4.69) is 48.5 Å². The molecular formula is C76H148O17P2. The lowest BCUT2D eigenvalue weighted by Gasteiger charge is -2.21. The predicted molar refractivity (Wildman–Crippen MR) is 386 cm³/mol. The van der Waals surface area contributed by atoms with E-state index in [1.165, 1.54) is 199 Å². The highest BCUT2D eigenvalue weighted by Crippen LogP contribution is 2.45. The van der Waals surface area contributed by atoms with Crippen LogP contribution in [0.15, 0.2) is 0 Å². The number of aliphatic hydroxyl groups is 1. The summed E-state index contributed by atoms with van der Waals surface area (Å²) in [6, 6.07) is 0. The van der Waals surface area contributed by atoms with Crippen LogP contribution >= 0.6 is 15.6 Å². The van der Waals surface area contributed by atoms with Gasteiger partial charge in [-0.25, -0.2) is 9.13 Å². The third-order valence-corrected chi connectivity index (χ3v) is 19.9. The summed E-state index contributed by atoms with van der Waals surface area (Å²) in [6.45, 7) is 11.9. The number of hydrogen-bond acceptors (Lipinski definition) is 15. The van der Waals surface area contributed by atoms with E-state index in [9.17, 15) is 43.2 Å². The zero-order valence-corrected chi connectivity index (χ0v) is 63.9. The van der Waals surface area contributed by atoms with Crippen LogP contribution in [0.4, 0.5) is 0 Å². The van der Waals surface area contributed by atoms with Gasteiger partial charge in [0.2, 0.25) is 0 Å². The number of esters is 4. The van der Waals surface area contributed by atoms with Crippen molar-refractivity contribution in [3.63, 3.8) is 0 Å². The van der Waals surface area contributed by atoms with Crippen molar-refractivity contribution >= 4 is 39.5 Å². The number of carbonyl (C=O) groups is 4. The third kappa shape index (κ3) is 69.0. The monoisotopic (exact) mass is 1400 g/mol. The van der Waals surface area contributed by atoms with E-state index in [1.54, 1.807) is 0 Å². The van der Waals surface area contributed by atoms with E-state index < -0.39 is 97.5 Å². The molecule has 95 heavy (non-hydrogen) atoms. The van der Waals surface area contributed by atoms with Crippen molar-refractivity contribution in [2.75, 3.05) is 39.6 Å². The number of rotatable bonds is 74. The Morgan fingerprint density at radius 3 is 0.800 bits per heavy atom. The molecule has 0 aliphatic heterocycles. The molecule has 3 unspecified atom stereocenters. The van der Waals surface area contributed by atoms with Gasteiger partial charge in [-0.3, -0.25) is 37.3 Å². The molecule has 17 nitrogen and oxygen atoms in total. The molecule has 0 aliphatic carbocycles. The van der Waals surface area contributed by atoms with Crippen molar-refractivity contribution in [1.29, 1.82) is 0 Å². The van der Waals surface area contributed by atoms with Gasteiger partial charge in [-0.1, -0.05) is 337 Å². The number of ether oxygens (including phenoxy) is 4. The minimum Gasteiger partial charge on any atom is -0.462 e. The van der Waals surface area contributed by atoms with Crippen LogP contribution in [0.2, 0.25) is 0 Å². The van der Waals surface area contributed by atoms with Crippen molar-refractivity contribution in [2.24, 2.45) is 17.8 Å². The molecule has 0 saturated heterocycles. The first-order valence-corrected chi connectivity index (χ1v) is 42.4. The van der Waals surface area contributed by atoms with Crippen LogP contribution in [-0.2, 0) is 65.4 Å². The van der Waals surface area contributed by atoms with Gasteiger partial charge in [0.25, 0.3) is 0 Å². The fourth-order valence-corrected chi connectivity index (χ4v) is 13.1. The summed E-state index contributed by atoms with van der Waals surface area (Å²) in [6.07, 6.45) is 52.5. The summed E-state index contributed by atoms with van der Waals surface area (Å²) in [7, 11) is -9.91. The normalized spacial score (nSPS) is 14.4. The number of phosphoric acid groups is 2. The molecule has 0 spiro atoms. The van der Waals surface area contributed by atoms with Gasteiger partial charge < -0.3 is 33.8 Å². The molecule has 0 aromatic carbocycles. The summed E-state index contributed by atoms with van der Waals surface area (Å²) in [5.74, 6) is 0.224. The smallest absolute Gasteiger partial charge is 0.462 e. The molecule has 0 heterocycles. The molecule has 564 valence electrons. The Labute approximate surface area is 581 Å². The van der Waals surface area contributed by atoms with Gasteiger partial charge in [0.05, 0.1) is 26.4 Å². The Morgan fingerprint density at radius 2 is 0.537 bits per heavy atom. The Morgan fingerprint density at radius 1 is 0.305 bits per heavy atom. The zero-order valence-electron chi connectivity index (χ0n) is 62.1. The molecule has 0 aromatic heterocycles. The van der Waals surface area contributed by atoms with Crippen LogP contribution in [-0.4, -0.2) is 96.7 Å². The molecule has 0 amide bonds. The van der Waals surface area contributed by atoms with Crippen molar-refractivity contribution in [3.05, 3.63) is 0 Å². The number of carbonyl (C=O) groups excluding carboxylic acids is 4. The van der Waals surface area contributed by atoms with Crippen LogP contribution in [0.25, 0.3) is 0 Å². The minimum absolute atomic E-state index is 0.105. The highest BCUT2D eigenvalue weighted by atomic mass is 31.2. The molecule has 0 rings (SSSR count). The van der Waals surface area contributed by atoms with Gasteiger partial charge in [0, 0.05) is 25.7 Å². The second kappa shape index (κ2) is 66.6. The average Bonchev–Trinajstić information content (AvgIpc) is 2.34. The van der Waals surface area contributed by atoms with Crippen LogP contribution in [0.5, 0.6) is 0 Å². The molecular weight excluding hydrogens is 1250 g/mol. The standard InChI is InChI=1S/C76H148O17P2/c1-8-10-11-12-13-14-15-21-29-36-43-50-57-73(78)86-64-72(93-76(81)60-53-46-39-32-25-27-34-41-48-55-68(5)6)66-91-95(84,85)89-62-70(77)61-88-94(82,83)90-65-71(63-87-74(79)58-51-44-37-30-24-23-28-35-42-49-56-69(7)9-2)92-75(80)59-52-45-38-31-22-19-17-16-18-20-26-33-40-47-54-67(3)4/h67-72,77H,8-66H2,1-7H3,(H,82,83)(H,84,85)/t69?,70-,71-,72-/m1/s1. The highest BCUT2D eigenvalue weighted by Gasteiger charge is 2.30. The highest BCUT2D eigenvalue weighted by molar-refractivity contribution is 7.47. The van der Waals surface area contributed by atoms with Crippen LogP contribution in [0.3, 0.4) is 0 Å². The quantitative estimate of drug-likeness (QED) is 0.0222. The summed E-state index contributed by atoms with van der Waals surface area (Å²) >= 11 is 0. The van der Waals surface area contributed by atoms with Crippen molar-refractivity contribution < 1.29 is 80.2 Å². The second-order valence-electron chi connectivity index (χ2n) is 28.6. The first-order valence-electron chi connectivity index (χ1n) is 39.4. The van der Waals surface area contributed by atoms with Gasteiger partial charge >= 0.3 is 39.5 Å². The predicted octanol–water partition coefficient (Wildman–Crippen LogP) is 22.2. The summed E-state index contributed by atoms with van der Waals surface area (Å²) in [5, 5.41) is 10.6. The van der Waals surface area contributed by atoms with Gasteiger partial charge in [-0.15, -0.1) is 0 Å². The number of unbranched alkanes of at least 4 members (excludes halogenated alkanes) is 41. The topological polar surface area (TPSA) is 237 Å². The van der Waals surface area contributed by atoms with E-state index in [-0.39, 0.29) is 25.7 Å². The maximum atomic E-state index is 13.1. The Bertz CT molecular complexity index is 1850. The van der Waals surface area contributed by atoms with E-state index in [0.717, 1.165) is 108 Å². The third-order valence-electron chi connectivity index (χ3n) is 18.0. The van der Waals surface area contributed by atoms with Gasteiger partial charge in [0.1, 0.15) is 19.3 Å². The average molecular weight is 1400 g/mol. The Hall–Kier alpha value is -1.94. The van der Waals surface area contributed by atoms with E-state index >= 15 is 0 Å². The SMILES string of the molecule is CCCCCCCCCCCCCCC(=O)OC[C@H](COP(=O)(O)OC[C@H](O)COP(=O)(O)OC[C@@H](COC(=O)CCCCCCCCCCCCC(C)CC)OC(=O)CCCCCCCCCCCCCCCCC(C)C)OC(=O)CCCCCCCCCCCC(C)C. The summed E-state index contributed by atoms with van der Waals surface area (Å²) < 4.78 is 68.6. The van der Waals surface area contributed by atoms with Gasteiger partial charge in [-0.2, -0.15) is 0 Å². The van der Waals surface area contributed by atoms with Crippen LogP contribution < -0.4 is 0 Å². The van der Waals surface area contributed by atoms with Gasteiger partial charge in [-0.05, 0) is 43.4 Å². The molecule has 3 N–H and O–H groups in total. The van der Waals surface area contributed by atoms with Crippen molar-refractivity contribution in [1.82, 2.24) is 0 Å². The molecule has 0 radical (unpaired) electrons. The fraction of sp³-hybridized carbons (Fsp3) is 0.947. The van der Waals surface area contributed by atoms with E-state index in [0.29, 0.717) is 25.7 Å². The van der Waals surface area contributed by atoms with E-state index in [4.69, 9.17) is 37.0 Å². The lowest BCUT2D eigenvalue weighted by atomic mass is 9.99. The lowest BCUT2D eigenvalue weighted by molar-refractivity contribution is -0.161. The second-order valence-corrected chi connectivity index (χ2v) is 31.5. The zero-order chi connectivity index (χ0) is 70.1. The molecule has 0 aromatic rings. The summed E-state index contributed by atoms with van der Waals surface area (Å²) in [4.78, 5) is 72.8. The molecule has 6 atom stereocenters. The first-order chi connectivity index (χ1) is 45.8. The number of aliphatic hydroxyl groups excluding tert-OH is 1. The maximum absolute atomic E-state index is 13.1. The first kappa shape index (κ1) is 93.1.